The van der Waals surface area contributed by atoms with Crippen molar-refractivity contribution in [3.8, 4) is 0 Å². The van der Waals surface area contributed by atoms with Gasteiger partial charge in [0.25, 0.3) is 0 Å². The Labute approximate surface area is 287 Å². The van der Waals surface area contributed by atoms with Gasteiger partial charge < -0.3 is 28.8 Å². The number of benzene rings is 3. The maximum atomic E-state index is 13.9. The van der Waals surface area contributed by atoms with Crippen molar-refractivity contribution in [2.24, 2.45) is 11.8 Å². The molecule has 13 heteroatoms. The van der Waals surface area contributed by atoms with Gasteiger partial charge in [-0.3, -0.25) is 14.9 Å². The Morgan fingerprint density at radius 1 is 0.820 bits per heavy atom. The van der Waals surface area contributed by atoms with Gasteiger partial charge in [-0.05, 0) is 61.1 Å². The number of anilines is 1. The molecular weight excluding hydrogens is 659 g/mol. The minimum atomic E-state index is -4.58. The molecule has 10 nitrogen and oxygen atoms in total. The van der Waals surface area contributed by atoms with E-state index in [1.807, 2.05) is 72.8 Å². The Bertz CT molecular complexity index is 1600. The van der Waals surface area contributed by atoms with Crippen LogP contribution in [0.2, 0.25) is 0 Å². The number of alkyl halides is 3. The number of esters is 2. The molecule has 0 unspecified atom stereocenters. The van der Waals surface area contributed by atoms with Gasteiger partial charge in [0, 0.05) is 12.8 Å². The molecule has 1 fully saturated rings. The summed E-state index contributed by atoms with van der Waals surface area (Å²) in [6, 6.07) is 22.3. The molecule has 0 saturated carbocycles. The summed E-state index contributed by atoms with van der Waals surface area (Å²) < 4.78 is 68.2. The van der Waals surface area contributed by atoms with Gasteiger partial charge in [0.1, 0.15) is 6.10 Å². The molecule has 3 aromatic carbocycles. The number of allylic oxidation sites excluding steroid dienone is 2. The number of carbonyl (C=O) groups excluding carboxylic acids is 3. The number of amides is 1. The van der Waals surface area contributed by atoms with Gasteiger partial charge >= 0.3 is 24.2 Å². The first-order chi connectivity index (χ1) is 24.0. The summed E-state index contributed by atoms with van der Waals surface area (Å²) >= 11 is 0. The highest BCUT2D eigenvalue weighted by Gasteiger charge is 2.53. The Kier molecular flexibility index (Phi) is 12.3. The standard InChI is InChI=1S/C37H38F3NO9/c1-46-35-32-31(30(29(22-42)47-35)50-36(45)41-28-18-16-27(17-19-28)37(38,39)40)48-33(43)25(20-23-10-4-2-5-11-23)14-8-9-15-26(34(44)49-32)21-24-12-6-3-7-13-24/h2-13,16-19,25-26,29-32,35,42H,14-15,20-22H2,1H3,(H,41,45)/b9-8+/t25-,26-,29-,30-,31+,32-,35+/m1/s1. The maximum absolute atomic E-state index is 13.9. The van der Waals surface area contributed by atoms with Crippen LogP contribution in [0, 0.1) is 11.8 Å². The Morgan fingerprint density at radius 3 is 1.82 bits per heavy atom. The smallest absolute Gasteiger partial charge is 0.416 e. The fourth-order valence-corrected chi connectivity index (χ4v) is 5.93. The molecule has 0 aromatic heterocycles. The third-order valence-electron chi connectivity index (χ3n) is 8.53. The van der Waals surface area contributed by atoms with Crippen molar-refractivity contribution >= 4 is 23.7 Å². The number of rotatable bonds is 8. The van der Waals surface area contributed by atoms with E-state index in [1.54, 1.807) is 0 Å². The number of carbonyl (C=O) groups is 3. The van der Waals surface area contributed by atoms with Gasteiger partial charge in [-0.1, -0.05) is 72.8 Å². The fourth-order valence-electron chi connectivity index (χ4n) is 5.93. The van der Waals surface area contributed by atoms with Crippen LogP contribution >= 0.6 is 0 Å². The van der Waals surface area contributed by atoms with E-state index in [9.17, 15) is 32.7 Å². The number of aliphatic hydroxyl groups excluding tert-OH is 1. The van der Waals surface area contributed by atoms with Crippen molar-refractivity contribution in [2.75, 3.05) is 19.0 Å². The molecule has 50 heavy (non-hydrogen) atoms. The van der Waals surface area contributed by atoms with Crippen molar-refractivity contribution < 1.29 is 56.3 Å². The predicted molar refractivity (Wildman–Crippen MR) is 173 cm³/mol. The Hall–Kier alpha value is -4.72. The van der Waals surface area contributed by atoms with Crippen LogP contribution < -0.4 is 5.32 Å². The summed E-state index contributed by atoms with van der Waals surface area (Å²) in [6.07, 6.45) is -8.00. The van der Waals surface area contributed by atoms with Gasteiger partial charge in [-0.25, -0.2) is 4.79 Å². The number of hydrogen-bond acceptors (Lipinski definition) is 9. The minimum Gasteiger partial charge on any atom is -0.454 e. The molecule has 1 saturated heterocycles. The van der Waals surface area contributed by atoms with Crippen molar-refractivity contribution in [1.82, 2.24) is 0 Å². The average molecular weight is 698 g/mol. The van der Waals surface area contributed by atoms with E-state index in [-0.39, 0.29) is 12.1 Å². The number of halogens is 3. The summed E-state index contributed by atoms with van der Waals surface area (Å²) in [5.74, 6) is -2.69. The van der Waals surface area contributed by atoms with E-state index in [0.29, 0.717) is 19.3 Å². The van der Waals surface area contributed by atoms with Gasteiger partial charge in [-0.2, -0.15) is 13.2 Å². The van der Waals surface area contributed by atoms with E-state index < -0.39 is 78.9 Å². The number of nitrogens with one attached hydrogen (secondary N) is 1. The van der Waals surface area contributed by atoms with Crippen molar-refractivity contribution in [2.45, 2.75) is 62.6 Å². The van der Waals surface area contributed by atoms with Crippen LogP contribution in [0.1, 0.15) is 29.5 Å². The number of ether oxygens (including phenoxy) is 5. The number of aliphatic hydroxyl groups is 1. The molecule has 0 spiro atoms. The van der Waals surface area contributed by atoms with Crippen LogP contribution in [0.25, 0.3) is 0 Å². The molecule has 2 aliphatic rings. The Balaban J connectivity index is 1.47. The van der Waals surface area contributed by atoms with Crippen molar-refractivity contribution in [3.63, 3.8) is 0 Å². The van der Waals surface area contributed by atoms with Gasteiger partial charge in [0.15, 0.2) is 24.6 Å². The zero-order chi connectivity index (χ0) is 35.7. The summed E-state index contributed by atoms with van der Waals surface area (Å²) in [6.45, 7) is -0.723. The van der Waals surface area contributed by atoms with E-state index in [1.165, 1.54) is 7.11 Å². The lowest BCUT2D eigenvalue weighted by atomic mass is 9.92. The van der Waals surface area contributed by atoms with Crippen LogP contribution in [0.15, 0.2) is 97.1 Å². The highest BCUT2D eigenvalue weighted by molar-refractivity contribution is 5.85. The molecule has 7 atom stereocenters. The van der Waals surface area contributed by atoms with Gasteiger partial charge in [0.05, 0.1) is 24.0 Å². The first-order valence-electron chi connectivity index (χ1n) is 16.1. The predicted octanol–water partition coefficient (Wildman–Crippen LogP) is 5.88. The number of fused-ring (bicyclic) bond motifs is 1. The summed E-state index contributed by atoms with van der Waals surface area (Å²) in [7, 11) is 1.28. The summed E-state index contributed by atoms with van der Waals surface area (Å²) in [5, 5.41) is 12.6. The van der Waals surface area contributed by atoms with E-state index in [2.05, 4.69) is 5.32 Å². The zero-order valence-corrected chi connectivity index (χ0v) is 27.2. The van der Waals surface area contributed by atoms with E-state index in [4.69, 9.17) is 23.7 Å². The molecule has 2 aliphatic heterocycles. The maximum Gasteiger partial charge on any atom is 0.416 e. The normalized spacial score (nSPS) is 26.6. The molecule has 266 valence electrons. The van der Waals surface area contributed by atoms with Crippen LogP contribution in [0.4, 0.5) is 23.7 Å². The zero-order valence-electron chi connectivity index (χ0n) is 27.2. The first-order valence-corrected chi connectivity index (χ1v) is 16.1. The Morgan fingerprint density at radius 2 is 1.34 bits per heavy atom. The number of hydrogen-bond donors (Lipinski definition) is 2. The van der Waals surface area contributed by atoms with Crippen LogP contribution in [0.5, 0.6) is 0 Å². The molecule has 0 bridgehead atoms. The largest absolute Gasteiger partial charge is 0.454 e. The van der Waals surface area contributed by atoms with Crippen LogP contribution in [-0.4, -0.2) is 67.6 Å². The SMILES string of the molecule is CO[C@H]1O[C@H](CO)[C@@H](OC(=O)Nc2ccc(C(F)(F)F)cc2)[C@@H]2OC(=O)[C@@H](Cc3ccccc3)C/C=C/C[C@H](Cc3ccccc3)C(=O)O[C@@H]12. The molecule has 2 N–H and O–H groups in total. The van der Waals surface area contributed by atoms with E-state index >= 15 is 0 Å². The second-order valence-corrected chi connectivity index (χ2v) is 12.1. The summed E-state index contributed by atoms with van der Waals surface area (Å²) in [4.78, 5) is 40.9. The lowest BCUT2D eigenvalue weighted by Gasteiger charge is -2.44. The third kappa shape index (κ3) is 9.49. The topological polar surface area (TPSA) is 130 Å². The van der Waals surface area contributed by atoms with E-state index in [0.717, 1.165) is 35.4 Å². The molecule has 3 aromatic rings. The first kappa shape index (κ1) is 36.6. The van der Waals surface area contributed by atoms with Gasteiger partial charge in [0.2, 0.25) is 0 Å². The third-order valence-corrected chi connectivity index (χ3v) is 8.53. The quantitative estimate of drug-likeness (QED) is 0.169. The van der Waals surface area contributed by atoms with Gasteiger partial charge in [-0.15, -0.1) is 0 Å². The molecule has 2 heterocycles. The highest BCUT2D eigenvalue weighted by Crippen LogP contribution is 2.33. The lowest BCUT2D eigenvalue weighted by molar-refractivity contribution is -0.300. The molecule has 5 rings (SSSR count). The van der Waals surface area contributed by atoms with Crippen molar-refractivity contribution in [3.05, 3.63) is 114 Å². The molecule has 1 amide bonds. The highest BCUT2D eigenvalue weighted by atomic mass is 19.4. The van der Waals surface area contributed by atoms with Crippen molar-refractivity contribution in [1.29, 1.82) is 0 Å². The lowest BCUT2D eigenvalue weighted by Crippen LogP contribution is -2.63. The second kappa shape index (κ2) is 16.8. The molecule has 0 aliphatic carbocycles. The van der Waals surface area contributed by atoms with Crippen LogP contribution in [0.3, 0.4) is 0 Å². The summed E-state index contributed by atoms with van der Waals surface area (Å²) in [5.41, 5.74) is 0.827. The minimum absolute atomic E-state index is 0.0211. The van der Waals surface area contributed by atoms with Crippen LogP contribution in [-0.2, 0) is 52.3 Å². The molecular formula is C37H38F3NO9. The average Bonchev–Trinajstić information content (AvgIpc) is 3.10. The number of methoxy groups -OCH3 is 1. The monoisotopic (exact) mass is 697 g/mol. The second-order valence-electron chi connectivity index (χ2n) is 12.1. The fraction of sp³-hybridized carbons (Fsp3) is 0.378. The molecule has 0 radical (unpaired) electrons.